The summed E-state index contributed by atoms with van der Waals surface area (Å²) in [6, 6.07) is 4.89. The third-order valence-electron chi connectivity index (χ3n) is 2.99. The molecule has 7 heteroatoms. The Morgan fingerprint density at radius 2 is 2.33 bits per heavy atom. The summed E-state index contributed by atoms with van der Waals surface area (Å²) in [5.74, 6) is -0.0247. The van der Waals surface area contributed by atoms with Crippen molar-refractivity contribution in [3.63, 3.8) is 0 Å². The number of urea groups is 1. The van der Waals surface area contributed by atoms with Crippen molar-refractivity contribution in [3.05, 3.63) is 35.9 Å². The van der Waals surface area contributed by atoms with E-state index in [1.807, 2.05) is 4.90 Å². The fourth-order valence-corrected chi connectivity index (χ4v) is 2.33. The minimum absolute atomic E-state index is 0.0247. The molecule has 1 aliphatic rings. The molecular weight excluding hydrogens is 292 g/mol. The van der Waals surface area contributed by atoms with E-state index in [4.69, 9.17) is 11.6 Å². The third kappa shape index (κ3) is 4.13. The zero-order valence-electron chi connectivity index (χ0n) is 11.5. The monoisotopic (exact) mass is 308 g/mol. The van der Waals surface area contributed by atoms with Gasteiger partial charge in [0.2, 0.25) is 5.91 Å². The number of halogens is 1. The molecular formula is C14H17ClN4O2. The maximum Gasteiger partial charge on any atom is 0.319 e. The van der Waals surface area contributed by atoms with Gasteiger partial charge in [-0.05, 0) is 18.2 Å². The number of piperazine rings is 1. The van der Waals surface area contributed by atoms with Crippen molar-refractivity contribution in [1.82, 2.24) is 10.6 Å². The summed E-state index contributed by atoms with van der Waals surface area (Å²) in [5, 5.41) is 8.54. The Labute approximate surface area is 128 Å². The summed E-state index contributed by atoms with van der Waals surface area (Å²) >= 11 is 6.24. The first-order valence-electron chi connectivity index (χ1n) is 6.57. The van der Waals surface area contributed by atoms with Gasteiger partial charge in [-0.1, -0.05) is 17.7 Å². The van der Waals surface area contributed by atoms with Crippen molar-refractivity contribution in [3.8, 4) is 0 Å². The highest BCUT2D eigenvalue weighted by Gasteiger charge is 2.18. The largest absolute Gasteiger partial charge is 0.359 e. The lowest BCUT2D eigenvalue weighted by Gasteiger charge is -2.29. The lowest BCUT2D eigenvalue weighted by Crippen LogP contribution is -2.47. The van der Waals surface area contributed by atoms with E-state index in [1.54, 1.807) is 24.3 Å². The van der Waals surface area contributed by atoms with Crippen molar-refractivity contribution in [1.29, 1.82) is 0 Å². The molecule has 6 nitrogen and oxygen atoms in total. The Bertz CT molecular complexity index is 562. The van der Waals surface area contributed by atoms with Gasteiger partial charge >= 0.3 is 6.03 Å². The van der Waals surface area contributed by atoms with E-state index in [1.165, 1.54) is 0 Å². The first-order valence-corrected chi connectivity index (χ1v) is 6.95. The second-order valence-corrected chi connectivity index (χ2v) is 4.97. The fourth-order valence-electron chi connectivity index (χ4n) is 2.03. The summed E-state index contributed by atoms with van der Waals surface area (Å²) in [5.41, 5.74) is 1.37. The Morgan fingerprint density at radius 1 is 1.52 bits per heavy atom. The fraction of sp³-hybridized carbons (Fsp3) is 0.286. The number of benzene rings is 1. The van der Waals surface area contributed by atoms with Crippen LogP contribution in [0.3, 0.4) is 0 Å². The van der Waals surface area contributed by atoms with Crippen LogP contribution >= 0.6 is 11.6 Å². The lowest BCUT2D eigenvalue weighted by atomic mass is 10.2. The number of carbonyl (C=O) groups is 2. The number of hydrogen-bond acceptors (Lipinski definition) is 3. The van der Waals surface area contributed by atoms with Crippen LogP contribution in [0.25, 0.3) is 0 Å². The molecule has 0 aromatic heterocycles. The molecule has 0 aliphatic carbocycles. The molecule has 2 rings (SSSR count). The van der Waals surface area contributed by atoms with E-state index in [2.05, 4.69) is 22.5 Å². The Hall–Kier alpha value is -2.21. The van der Waals surface area contributed by atoms with Crippen molar-refractivity contribution in [2.45, 2.75) is 0 Å². The van der Waals surface area contributed by atoms with Gasteiger partial charge in [-0.2, -0.15) is 0 Å². The molecule has 1 heterocycles. The number of nitrogens with one attached hydrogen (secondary N) is 3. The number of carbonyl (C=O) groups excluding carboxylic acids is 2. The van der Waals surface area contributed by atoms with Crippen LogP contribution < -0.4 is 20.9 Å². The average Bonchev–Trinajstić information content (AvgIpc) is 2.45. The van der Waals surface area contributed by atoms with Gasteiger partial charge in [0, 0.05) is 25.3 Å². The molecule has 3 N–H and O–H groups in total. The van der Waals surface area contributed by atoms with E-state index in [0.29, 0.717) is 30.3 Å². The summed E-state index contributed by atoms with van der Waals surface area (Å²) in [6.45, 7) is 5.50. The van der Waals surface area contributed by atoms with E-state index < -0.39 is 0 Å². The standard InChI is InChI=1S/C14H17ClN4O2/c1-2-5-17-14(21)18-10-3-4-12(11(15)8-10)19-7-6-16-13(20)9-19/h2-4,8H,1,5-7,9H2,(H,16,20)(H2,17,18,21). The Balaban J connectivity index is 2.04. The number of rotatable bonds is 4. The second kappa shape index (κ2) is 6.99. The third-order valence-corrected chi connectivity index (χ3v) is 3.29. The van der Waals surface area contributed by atoms with Crippen molar-refractivity contribution < 1.29 is 9.59 Å². The number of hydrogen-bond donors (Lipinski definition) is 3. The first kappa shape index (κ1) is 15.2. The minimum Gasteiger partial charge on any atom is -0.359 e. The number of nitrogens with zero attached hydrogens (tertiary/aromatic N) is 1. The molecule has 3 amide bonds. The summed E-state index contributed by atoms with van der Waals surface area (Å²) in [7, 11) is 0. The molecule has 0 atom stereocenters. The smallest absolute Gasteiger partial charge is 0.319 e. The zero-order chi connectivity index (χ0) is 15.2. The highest BCUT2D eigenvalue weighted by molar-refractivity contribution is 6.33. The van der Waals surface area contributed by atoms with E-state index in [-0.39, 0.29) is 18.5 Å². The lowest BCUT2D eigenvalue weighted by molar-refractivity contribution is -0.120. The van der Waals surface area contributed by atoms with Crippen molar-refractivity contribution in [2.75, 3.05) is 36.4 Å². The van der Waals surface area contributed by atoms with Crippen LogP contribution in [0.2, 0.25) is 5.02 Å². The van der Waals surface area contributed by atoms with Gasteiger partial charge < -0.3 is 20.9 Å². The molecule has 1 aromatic rings. The Morgan fingerprint density at radius 3 is 3.00 bits per heavy atom. The van der Waals surface area contributed by atoms with Crippen LogP contribution in [0.15, 0.2) is 30.9 Å². The maximum absolute atomic E-state index is 11.5. The predicted octanol–water partition coefficient (Wildman–Crippen LogP) is 1.58. The van der Waals surface area contributed by atoms with Crippen molar-refractivity contribution >= 4 is 34.9 Å². The molecule has 0 saturated carbocycles. The topological polar surface area (TPSA) is 73.5 Å². The molecule has 1 saturated heterocycles. The zero-order valence-corrected chi connectivity index (χ0v) is 12.2. The molecule has 0 bridgehead atoms. The molecule has 1 fully saturated rings. The number of anilines is 2. The molecule has 0 radical (unpaired) electrons. The van der Waals surface area contributed by atoms with Gasteiger partial charge in [0.15, 0.2) is 0 Å². The molecule has 1 aliphatic heterocycles. The minimum atomic E-state index is -0.323. The molecule has 0 unspecified atom stereocenters. The van der Waals surface area contributed by atoms with Crippen LogP contribution in [-0.4, -0.2) is 38.1 Å². The predicted molar refractivity (Wildman–Crippen MR) is 83.9 cm³/mol. The van der Waals surface area contributed by atoms with Crippen molar-refractivity contribution in [2.24, 2.45) is 0 Å². The molecule has 112 valence electrons. The van der Waals surface area contributed by atoms with Gasteiger partial charge in [0.25, 0.3) is 0 Å². The van der Waals surface area contributed by atoms with E-state index >= 15 is 0 Å². The summed E-state index contributed by atoms with van der Waals surface area (Å²) in [6.07, 6.45) is 1.59. The van der Waals surface area contributed by atoms with Crippen LogP contribution in [-0.2, 0) is 4.79 Å². The summed E-state index contributed by atoms with van der Waals surface area (Å²) in [4.78, 5) is 24.8. The van der Waals surface area contributed by atoms with Crippen LogP contribution in [0.1, 0.15) is 0 Å². The van der Waals surface area contributed by atoms with Gasteiger partial charge in [-0.3, -0.25) is 4.79 Å². The quantitative estimate of drug-likeness (QED) is 0.740. The van der Waals surface area contributed by atoms with Gasteiger partial charge in [-0.15, -0.1) is 6.58 Å². The van der Waals surface area contributed by atoms with Crippen LogP contribution in [0.4, 0.5) is 16.2 Å². The maximum atomic E-state index is 11.5. The van der Waals surface area contributed by atoms with Crippen LogP contribution in [0, 0.1) is 0 Å². The Kier molecular flexibility index (Phi) is 5.05. The van der Waals surface area contributed by atoms with Gasteiger partial charge in [0.05, 0.1) is 17.3 Å². The molecule has 0 spiro atoms. The van der Waals surface area contributed by atoms with E-state index in [0.717, 1.165) is 5.69 Å². The van der Waals surface area contributed by atoms with Gasteiger partial charge in [-0.25, -0.2) is 4.79 Å². The van der Waals surface area contributed by atoms with Gasteiger partial charge in [0.1, 0.15) is 0 Å². The molecule has 21 heavy (non-hydrogen) atoms. The first-order chi connectivity index (χ1) is 10.1. The molecule has 1 aromatic carbocycles. The highest BCUT2D eigenvalue weighted by Crippen LogP contribution is 2.29. The number of amides is 3. The SMILES string of the molecule is C=CCNC(=O)Nc1ccc(N2CCNC(=O)C2)c(Cl)c1. The van der Waals surface area contributed by atoms with Crippen LogP contribution in [0.5, 0.6) is 0 Å². The second-order valence-electron chi connectivity index (χ2n) is 4.56. The summed E-state index contributed by atoms with van der Waals surface area (Å²) < 4.78 is 0. The highest BCUT2D eigenvalue weighted by atomic mass is 35.5. The van der Waals surface area contributed by atoms with E-state index in [9.17, 15) is 9.59 Å². The normalized spacial score (nSPS) is 14.3. The average molecular weight is 309 g/mol.